The lowest BCUT2D eigenvalue weighted by molar-refractivity contribution is 0.160. The van der Waals surface area contributed by atoms with Crippen molar-refractivity contribution in [2.24, 2.45) is 0 Å². The molecule has 0 bridgehead atoms. The van der Waals surface area contributed by atoms with Crippen LogP contribution in [-0.2, 0) is 12.0 Å². The minimum atomic E-state index is -0.615. The van der Waals surface area contributed by atoms with Gasteiger partial charge in [0.1, 0.15) is 5.54 Å². The fourth-order valence-corrected chi connectivity index (χ4v) is 5.20. The lowest BCUT2D eigenvalue weighted by atomic mass is 9.77. The van der Waals surface area contributed by atoms with Crippen molar-refractivity contribution < 1.29 is 5.11 Å². The fourth-order valence-electron chi connectivity index (χ4n) is 5.20. The SMILES string of the molecule is Cc1ccccc1CCCC(O)c1cn(C(c2ccccc2)(c2ccccc2)c2ccccc2)cn1. The number of aliphatic hydroxyl groups is 1. The largest absolute Gasteiger partial charge is 0.387 e. The molecule has 0 fully saturated rings. The molecule has 0 spiro atoms. The van der Waals surface area contributed by atoms with Gasteiger partial charge in [0.25, 0.3) is 0 Å². The van der Waals surface area contributed by atoms with Crippen molar-refractivity contribution in [3.05, 3.63) is 161 Å². The molecule has 3 heteroatoms. The molecule has 1 aromatic heterocycles. The Hall–Kier alpha value is -3.95. The summed E-state index contributed by atoms with van der Waals surface area (Å²) in [5.74, 6) is 0. The monoisotopic (exact) mass is 472 g/mol. The van der Waals surface area contributed by atoms with Crippen molar-refractivity contribution in [1.82, 2.24) is 9.55 Å². The highest BCUT2D eigenvalue weighted by atomic mass is 16.3. The second-order valence-corrected chi connectivity index (χ2v) is 9.35. The van der Waals surface area contributed by atoms with Gasteiger partial charge in [-0.1, -0.05) is 115 Å². The first-order valence-corrected chi connectivity index (χ1v) is 12.6. The zero-order chi connectivity index (χ0) is 24.8. The second-order valence-electron chi connectivity index (χ2n) is 9.35. The standard InChI is InChI=1S/C33H32N2O/c1-26-14-11-12-15-27(26)16-13-23-32(36)31-24-35(25-34-31)33(28-17-5-2-6-18-28,29-19-7-3-8-20-29)30-21-9-4-10-22-30/h2-12,14-15,17-22,24-25,32,36H,13,16,23H2,1H3. The highest BCUT2D eigenvalue weighted by molar-refractivity contribution is 5.50. The molecule has 0 saturated heterocycles. The predicted octanol–water partition coefficient (Wildman–Crippen LogP) is 7.09. The summed E-state index contributed by atoms with van der Waals surface area (Å²) in [5.41, 5.74) is 6.14. The molecule has 4 aromatic carbocycles. The summed E-state index contributed by atoms with van der Waals surface area (Å²) in [6.45, 7) is 2.14. The molecule has 1 N–H and O–H groups in total. The maximum Gasteiger partial charge on any atom is 0.121 e. The van der Waals surface area contributed by atoms with E-state index in [0.717, 1.165) is 29.5 Å². The molecule has 1 heterocycles. The average molecular weight is 473 g/mol. The van der Waals surface area contributed by atoms with Gasteiger partial charge in [-0.05, 0) is 54.0 Å². The minimum absolute atomic E-state index is 0.615. The van der Waals surface area contributed by atoms with E-state index in [9.17, 15) is 5.11 Å². The van der Waals surface area contributed by atoms with E-state index < -0.39 is 11.6 Å². The minimum Gasteiger partial charge on any atom is -0.387 e. The van der Waals surface area contributed by atoms with Gasteiger partial charge in [0, 0.05) is 6.20 Å². The van der Waals surface area contributed by atoms with E-state index in [4.69, 9.17) is 4.98 Å². The average Bonchev–Trinajstić information content (AvgIpc) is 3.43. The van der Waals surface area contributed by atoms with E-state index in [1.807, 2.05) is 30.7 Å². The topological polar surface area (TPSA) is 38.0 Å². The maximum absolute atomic E-state index is 11.1. The van der Waals surface area contributed by atoms with Crippen LogP contribution in [0.5, 0.6) is 0 Å². The fraction of sp³-hybridized carbons (Fsp3) is 0.182. The first-order chi connectivity index (χ1) is 17.7. The van der Waals surface area contributed by atoms with Gasteiger partial charge in [-0.25, -0.2) is 4.98 Å². The lowest BCUT2D eigenvalue weighted by Gasteiger charge is -2.37. The molecule has 0 aliphatic heterocycles. The zero-order valence-electron chi connectivity index (χ0n) is 20.7. The van der Waals surface area contributed by atoms with Crippen molar-refractivity contribution in [3.63, 3.8) is 0 Å². The number of aliphatic hydroxyl groups excluding tert-OH is 1. The molecule has 3 nitrogen and oxygen atoms in total. The van der Waals surface area contributed by atoms with Crippen molar-refractivity contribution in [2.75, 3.05) is 0 Å². The van der Waals surface area contributed by atoms with Crippen LogP contribution in [0.25, 0.3) is 0 Å². The van der Waals surface area contributed by atoms with Crippen LogP contribution in [-0.4, -0.2) is 14.7 Å². The first-order valence-electron chi connectivity index (χ1n) is 12.6. The summed E-state index contributed by atoms with van der Waals surface area (Å²) in [4.78, 5) is 4.71. The van der Waals surface area contributed by atoms with Gasteiger partial charge < -0.3 is 9.67 Å². The number of aromatic nitrogens is 2. The van der Waals surface area contributed by atoms with E-state index in [-0.39, 0.29) is 0 Å². The van der Waals surface area contributed by atoms with Crippen molar-refractivity contribution in [2.45, 2.75) is 37.8 Å². The Morgan fingerprint density at radius 2 is 1.22 bits per heavy atom. The van der Waals surface area contributed by atoms with Crippen LogP contribution in [0.4, 0.5) is 0 Å². The van der Waals surface area contributed by atoms with Crippen LogP contribution in [0.2, 0.25) is 0 Å². The smallest absolute Gasteiger partial charge is 0.121 e. The predicted molar refractivity (Wildman–Crippen MR) is 146 cm³/mol. The summed E-state index contributed by atoms with van der Waals surface area (Å²) in [5, 5.41) is 11.1. The molecule has 0 amide bonds. The van der Waals surface area contributed by atoms with Gasteiger partial charge in [-0.3, -0.25) is 0 Å². The molecule has 36 heavy (non-hydrogen) atoms. The van der Waals surface area contributed by atoms with Gasteiger partial charge in [0.05, 0.1) is 18.1 Å². The molecule has 5 aromatic rings. The lowest BCUT2D eigenvalue weighted by Crippen LogP contribution is -2.37. The number of nitrogens with zero attached hydrogens (tertiary/aromatic N) is 2. The Morgan fingerprint density at radius 1 is 0.722 bits per heavy atom. The Morgan fingerprint density at radius 3 is 1.75 bits per heavy atom. The third kappa shape index (κ3) is 4.62. The van der Waals surface area contributed by atoms with E-state index in [1.165, 1.54) is 11.1 Å². The van der Waals surface area contributed by atoms with Crippen molar-refractivity contribution >= 4 is 0 Å². The van der Waals surface area contributed by atoms with Crippen LogP contribution in [0.15, 0.2) is 128 Å². The molecule has 180 valence electrons. The summed E-state index contributed by atoms with van der Waals surface area (Å²) < 4.78 is 2.16. The van der Waals surface area contributed by atoms with Crippen LogP contribution in [0.1, 0.15) is 52.5 Å². The highest BCUT2D eigenvalue weighted by Crippen LogP contribution is 2.41. The van der Waals surface area contributed by atoms with Crippen molar-refractivity contribution in [1.29, 1.82) is 0 Å². The summed E-state index contributed by atoms with van der Waals surface area (Å²) in [7, 11) is 0. The molecule has 0 aliphatic rings. The van der Waals surface area contributed by atoms with Crippen LogP contribution >= 0.6 is 0 Å². The molecule has 0 saturated carbocycles. The van der Waals surface area contributed by atoms with Crippen LogP contribution in [0, 0.1) is 6.92 Å². The molecule has 5 rings (SSSR count). The second kappa shape index (κ2) is 10.8. The Kier molecular flexibility index (Phi) is 7.11. The quantitative estimate of drug-likeness (QED) is 0.233. The number of hydrogen-bond acceptors (Lipinski definition) is 2. The van der Waals surface area contributed by atoms with E-state index in [0.29, 0.717) is 12.1 Å². The number of aryl methyl sites for hydroxylation is 2. The molecule has 0 aliphatic carbocycles. The zero-order valence-corrected chi connectivity index (χ0v) is 20.7. The summed E-state index contributed by atoms with van der Waals surface area (Å²) >= 11 is 0. The van der Waals surface area contributed by atoms with Gasteiger partial charge in [-0.15, -0.1) is 0 Å². The third-order valence-corrected chi connectivity index (χ3v) is 7.09. The van der Waals surface area contributed by atoms with Crippen LogP contribution < -0.4 is 0 Å². The molecular formula is C33H32N2O. The highest BCUT2D eigenvalue weighted by Gasteiger charge is 2.38. The normalized spacial score (nSPS) is 12.4. The third-order valence-electron chi connectivity index (χ3n) is 7.09. The number of imidazole rings is 1. The van der Waals surface area contributed by atoms with Gasteiger partial charge in [0.15, 0.2) is 0 Å². The van der Waals surface area contributed by atoms with Gasteiger partial charge >= 0.3 is 0 Å². The molecule has 0 radical (unpaired) electrons. The molecular weight excluding hydrogens is 440 g/mol. The molecule has 1 atom stereocenters. The number of benzene rings is 4. The summed E-state index contributed by atoms with van der Waals surface area (Å²) in [6, 6.07) is 40.0. The van der Waals surface area contributed by atoms with E-state index in [2.05, 4.69) is 109 Å². The Balaban J connectivity index is 1.52. The maximum atomic E-state index is 11.1. The van der Waals surface area contributed by atoms with Gasteiger partial charge in [0.2, 0.25) is 0 Å². The van der Waals surface area contributed by atoms with E-state index in [1.54, 1.807) is 0 Å². The number of rotatable bonds is 9. The first kappa shape index (κ1) is 23.8. The summed E-state index contributed by atoms with van der Waals surface area (Å²) in [6.07, 6.45) is 5.79. The number of hydrogen-bond donors (Lipinski definition) is 1. The molecule has 1 unspecified atom stereocenters. The van der Waals surface area contributed by atoms with Crippen molar-refractivity contribution in [3.8, 4) is 0 Å². The van der Waals surface area contributed by atoms with E-state index >= 15 is 0 Å². The Bertz CT molecular complexity index is 1280. The van der Waals surface area contributed by atoms with Gasteiger partial charge in [-0.2, -0.15) is 0 Å². The Labute approximate surface area is 213 Å². The van der Waals surface area contributed by atoms with Crippen LogP contribution in [0.3, 0.4) is 0 Å².